The Morgan fingerprint density at radius 1 is 0.972 bits per heavy atom. The highest BCUT2D eigenvalue weighted by Crippen LogP contribution is 2.21. The molecular weight excluding hydrogens is 455 g/mol. The maximum Gasteiger partial charge on any atom is 0.261 e. The number of carbonyl (C=O) groups is 2. The van der Waals surface area contributed by atoms with E-state index in [4.69, 9.17) is 4.74 Å². The van der Waals surface area contributed by atoms with E-state index < -0.39 is 11.9 Å². The molecule has 0 saturated heterocycles. The third kappa shape index (κ3) is 6.94. The lowest BCUT2D eigenvalue weighted by Gasteiger charge is -2.32. The van der Waals surface area contributed by atoms with Crippen molar-refractivity contribution in [2.45, 2.75) is 57.7 Å². The molecule has 1 atom stereocenters. The molecule has 6 heteroatoms. The molecule has 2 amide bonds. The lowest BCUT2D eigenvalue weighted by Crippen LogP contribution is -2.53. The fraction of sp³-hybridized carbons (Fsp3) is 0.333. The van der Waals surface area contributed by atoms with Crippen molar-refractivity contribution in [3.05, 3.63) is 101 Å². The van der Waals surface area contributed by atoms with Crippen molar-refractivity contribution >= 4 is 11.8 Å². The van der Waals surface area contributed by atoms with E-state index in [0.29, 0.717) is 17.7 Å². The molecule has 0 unspecified atom stereocenters. The molecular formula is C30H33FN2O3. The van der Waals surface area contributed by atoms with Crippen LogP contribution in [0.2, 0.25) is 0 Å². The van der Waals surface area contributed by atoms with E-state index in [2.05, 4.69) is 5.32 Å². The number of nitrogens with one attached hydrogen (secondary N) is 1. The van der Waals surface area contributed by atoms with Crippen LogP contribution in [0, 0.1) is 12.7 Å². The van der Waals surface area contributed by atoms with E-state index in [1.807, 2.05) is 49.4 Å². The monoisotopic (exact) mass is 488 g/mol. The summed E-state index contributed by atoms with van der Waals surface area (Å²) in [6.07, 6.45) is 4.35. The second-order valence-corrected chi connectivity index (χ2v) is 9.41. The second kappa shape index (κ2) is 12.3. The number of aryl methyl sites for hydroxylation is 1. The van der Waals surface area contributed by atoms with Crippen LogP contribution in [0.15, 0.2) is 78.9 Å². The van der Waals surface area contributed by atoms with Crippen LogP contribution in [0.1, 0.15) is 42.4 Å². The van der Waals surface area contributed by atoms with Crippen molar-refractivity contribution < 1.29 is 18.7 Å². The number of benzene rings is 3. The van der Waals surface area contributed by atoms with Crippen molar-refractivity contribution in [3.63, 3.8) is 0 Å². The van der Waals surface area contributed by atoms with Crippen LogP contribution < -0.4 is 10.1 Å². The molecule has 0 spiro atoms. The van der Waals surface area contributed by atoms with Crippen LogP contribution >= 0.6 is 0 Å². The maximum absolute atomic E-state index is 14.7. The SMILES string of the molecule is Cc1ccc(OCC(=O)N(Cc2ccccc2F)[C@H](Cc2ccccc2)C(=O)NC2CCCC2)cc1. The summed E-state index contributed by atoms with van der Waals surface area (Å²) in [5, 5.41) is 3.15. The number of halogens is 1. The first kappa shape index (κ1) is 25.4. The molecule has 3 aromatic rings. The van der Waals surface area contributed by atoms with E-state index >= 15 is 0 Å². The van der Waals surface area contributed by atoms with Crippen molar-refractivity contribution in [1.29, 1.82) is 0 Å². The summed E-state index contributed by atoms with van der Waals surface area (Å²) in [5.41, 5.74) is 2.36. The number of rotatable bonds is 10. The van der Waals surface area contributed by atoms with Gasteiger partial charge in [-0.3, -0.25) is 9.59 Å². The van der Waals surface area contributed by atoms with E-state index in [-0.39, 0.29) is 31.0 Å². The Labute approximate surface area is 212 Å². The zero-order valence-electron chi connectivity index (χ0n) is 20.7. The van der Waals surface area contributed by atoms with Gasteiger partial charge >= 0.3 is 0 Å². The third-order valence-corrected chi connectivity index (χ3v) is 6.65. The number of hydrogen-bond acceptors (Lipinski definition) is 3. The number of carbonyl (C=O) groups excluding carboxylic acids is 2. The van der Waals surface area contributed by atoms with E-state index in [1.165, 1.54) is 11.0 Å². The average molecular weight is 489 g/mol. The predicted octanol–water partition coefficient (Wildman–Crippen LogP) is 5.21. The summed E-state index contributed by atoms with van der Waals surface area (Å²) in [6.45, 7) is 1.69. The van der Waals surface area contributed by atoms with Crippen molar-refractivity contribution in [2.24, 2.45) is 0 Å². The number of hydrogen-bond donors (Lipinski definition) is 1. The zero-order chi connectivity index (χ0) is 25.3. The molecule has 3 aromatic carbocycles. The smallest absolute Gasteiger partial charge is 0.261 e. The van der Waals surface area contributed by atoms with Gasteiger partial charge in [-0.15, -0.1) is 0 Å². The van der Waals surface area contributed by atoms with Gasteiger partial charge in [0.05, 0.1) is 0 Å². The molecule has 5 nitrogen and oxygen atoms in total. The molecule has 1 fully saturated rings. The second-order valence-electron chi connectivity index (χ2n) is 9.41. The first-order valence-electron chi connectivity index (χ1n) is 12.6. The van der Waals surface area contributed by atoms with Crippen LogP contribution in [0.5, 0.6) is 5.75 Å². The lowest BCUT2D eigenvalue weighted by atomic mass is 10.0. The zero-order valence-corrected chi connectivity index (χ0v) is 20.7. The van der Waals surface area contributed by atoms with E-state index in [1.54, 1.807) is 30.3 Å². The van der Waals surface area contributed by atoms with Gasteiger partial charge in [-0.1, -0.05) is 79.1 Å². The van der Waals surface area contributed by atoms with Gasteiger partial charge in [-0.2, -0.15) is 0 Å². The Kier molecular flexibility index (Phi) is 8.71. The maximum atomic E-state index is 14.7. The molecule has 0 aromatic heterocycles. The van der Waals surface area contributed by atoms with Gasteiger partial charge in [0.2, 0.25) is 5.91 Å². The minimum Gasteiger partial charge on any atom is -0.484 e. The van der Waals surface area contributed by atoms with Gasteiger partial charge in [-0.05, 0) is 43.5 Å². The van der Waals surface area contributed by atoms with Crippen molar-refractivity contribution in [1.82, 2.24) is 10.2 Å². The summed E-state index contributed by atoms with van der Waals surface area (Å²) in [7, 11) is 0. The number of amides is 2. The third-order valence-electron chi connectivity index (χ3n) is 6.65. The highest BCUT2D eigenvalue weighted by molar-refractivity contribution is 5.88. The molecule has 1 saturated carbocycles. The lowest BCUT2D eigenvalue weighted by molar-refractivity contribution is -0.143. The van der Waals surface area contributed by atoms with Gasteiger partial charge < -0.3 is 15.0 Å². The molecule has 188 valence electrons. The summed E-state index contributed by atoms with van der Waals surface area (Å²) in [5.74, 6) is -0.439. The van der Waals surface area contributed by atoms with Crippen LogP contribution in [0.25, 0.3) is 0 Å². The normalized spacial score (nSPS) is 14.3. The largest absolute Gasteiger partial charge is 0.484 e. The topological polar surface area (TPSA) is 58.6 Å². The van der Waals surface area contributed by atoms with Crippen molar-refractivity contribution in [2.75, 3.05) is 6.61 Å². The highest BCUT2D eigenvalue weighted by Gasteiger charge is 2.32. The fourth-order valence-corrected chi connectivity index (χ4v) is 4.59. The van der Waals surface area contributed by atoms with Gasteiger partial charge in [0, 0.05) is 24.6 Å². The van der Waals surface area contributed by atoms with Gasteiger partial charge in [-0.25, -0.2) is 4.39 Å². The Hall–Kier alpha value is -3.67. The number of ether oxygens (including phenoxy) is 1. The first-order valence-corrected chi connectivity index (χ1v) is 12.6. The summed E-state index contributed by atoms with van der Waals surface area (Å²) >= 11 is 0. The van der Waals surface area contributed by atoms with E-state index in [9.17, 15) is 14.0 Å². The quantitative estimate of drug-likeness (QED) is 0.426. The standard InChI is InChI=1S/C30H33FN2O3/c1-22-15-17-26(18-16-22)36-21-29(34)33(20-24-11-5-8-14-27(24)31)28(19-23-9-3-2-4-10-23)30(35)32-25-12-6-7-13-25/h2-5,8-11,14-18,25,28H,6-7,12-13,19-21H2,1H3,(H,32,35)/t28-/m1/s1. The highest BCUT2D eigenvalue weighted by atomic mass is 19.1. The minimum absolute atomic E-state index is 0.0294. The minimum atomic E-state index is -0.804. The Morgan fingerprint density at radius 2 is 1.64 bits per heavy atom. The van der Waals surface area contributed by atoms with E-state index in [0.717, 1.165) is 36.8 Å². The fourth-order valence-electron chi connectivity index (χ4n) is 4.59. The number of nitrogens with zero attached hydrogens (tertiary/aromatic N) is 1. The Morgan fingerprint density at radius 3 is 2.33 bits per heavy atom. The Balaban J connectivity index is 1.61. The Bertz CT molecular complexity index is 1140. The van der Waals surface area contributed by atoms with Crippen molar-refractivity contribution in [3.8, 4) is 5.75 Å². The molecule has 0 bridgehead atoms. The van der Waals surface area contributed by atoms with Crippen LogP contribution in [-0.4, -0.2) is 35.4 Å². The molecule has 36 heavy (non-hydrogen) atoms. The van der Waals surface area contributed by atoms with Crippen LogP contribution in [0.4, 0.5) is 4.39 Å². The van der Waals surface area contributed by atoms with Gasteiger partial charge in [0.15, 0.2) is 6.61 Å². The summed E-state index contributed by atoms with van der Waals surface area (Å²) < 4.78 is 20.4. The molecule has 0 heterocycles. The first-order chi connectivity index (χ1) is 17.5. The van der Waals surface area contributed by atoms with Gasteiger partial charge in [0.25, 0.3) is 5.91 Å². The van der Waals surface area contributed by atoms with Crippen LogP contribution in [0.3, 0.4) is 0 Å². The molecule has 0 aliphatic heterocycles. The average Bonchev–Trinajstić information content (AvgIpc) is 3.40. The molecule has 1 N–H and O–H groups in total. The molecule has 0 radical (unpaired) electrons. The predicted molar refractivity (Wildman–Crippen MR) is 138 cm³/mol. The molecule has 1 aliphatic rings. The summed E-state index contributed by atoms with van der Waals surface area (Å²) in [4.78, 5) is 28.6. The molecule has 1 aliphatic carbocycles. The molecule has 4 rings (SSSR count). The van der Waals surface area contributed by atoms with Gasteiger partial charge in [0.1, 0.15) is 17.6 Å². The summed E-state index contributed by atoms with van der Waals surface area (Å²) in [6, 6.07) is 22.7. The van der Waals surface area contributed by atoms with Crippen LogP contribution in [-0.2, 0) is 22.6 Å².